The van der Waals surface area contributed by atoms with Crippen molar-refractivity contribution in [2.45, 2.75) is 26.3 Å². The third-order valence-corrected chi connectivity index (χ3v) is 3.09. The number of phenolic OH excluding ortho intramolecular Hbond substituents is 2. The summed E-state index contributed by atoms with van der Waals surface area (Å²) in [6.07, 6.45) is 0. The number of benzene rings is 2. The van der Waals surface area contributed by atoms with Gasteiger partial charge < -0.3 is 15.5 Å². The van der Waals surface area contributed by atoms with Crippen LogP contribution in [0, 0.1) is 0 Å². The minimum atomic E-state index is 0.0674. The molecule has 0 saturated heterocycles. The third kappa shape index (κ3) is 3.19. The molecule has 0 spiro atoms. The lowest BCUT2D eigenvalue weighted by Gasteiger charge is -2.14. The van der Waals surface area contributed by atoms with Crippen molar-refractivity contribution in [1.82, 2.24) is 0 Å². The summed E-state index contributed by atoms with van der Waals surface area (Å²) < 4.78 is 0. The molecule has 19 heavy (non-hydrogen) atoms. The molecule has 0 aliphatic rings. The number of hydrogen-bond donors (Lipinski definition) is 3. The normalized spacial score (nSPS) is 10.7. The molecule has 0 bridgehead atoms. The highest BCUT2D eigenvalue weighted by atomic mass is 16.3. The summed E-state index contributed by atoms with van der Waals surface area (Å²) in [6, 6.07) is 13.2. The van der Waals surface area contributed by atoms with E-state index < -0.39 is 0 Å². The monoisotopic (exact) mass is 257 g/mol. The zero-order valence-electron chi connectivity index (χ0n) is 11.2. The minimum Gasteiger partial charge on any atom is -0.508 e. The van der Waals surface area contributed by atoms with E-state index in [1.165, 1.54) is 6.07 Å². The fourth-order valence-electron chi connectivity index (χ4n) is 1.99. The maximum atomic E-state index is 9.85. The molecule has 0 aliphatic carbocycles. The van der Waals surface area contributed by atoms with Gasteiger partial charge in [-0.05, 0) is 23.1 Å². The Balaban J connectivity index is 2.18. The van der Waals surface area contributed by atoms with E-state index in [-0.39, 0.29) is 17.4 Å². The zero-order valence-corrected chi connectivity index (χ0v) is 11.2. The van der Waals surface area contributed by atoms with Crippen molar-refractivity contribution >= 4 is 5.69 Å². The van der Waals surface area contributed by atoms with E-state index in [9.17, 15) is 10.2 Å². The van der Waals surface area contributed by atoms with Gasteiger partial charge in [0.25, 0.3) is 0 Å². The van der Waals surface area contributed by atoms with Crippen LogP contribution < -0.4 is 5.32 Å². The average molecular weight is 257 g/mol. The van der Waals surface area contributed by atoms with E-state index >= 15 is 0 Å². The van der Waals surface area contributed by atoms with Gasteiger partial charge in [-0.1, -0.05) is 44.2 Å². The molecule has 0 fully saturated rings. The summed E-state index contributed by atoms with van der Waals surface area (Å²) in [7, 11) is 0. The number of aromatic hydroxyl groups is 2. The molecule has 0 unspecified atom stereocenters. The van der Waals surface area contributed by atoms with Crippen molar-refractivity contribution in [3.8, 4) is 11.5 Å². The summed E-state index contributed by atoms with van der Waals surface area (Å²) in [5, 5.41) is 22.8. The van der Waals surface area contributed by atoms with Crippen LogP contribution in [0.1, 0.15) is 30.9 Å². The van der Waals surface area contributed by atoms with Crippen LogP contribution in [0.5, 0.6) is 11.5 Å². The molecule has 2 aromatic rings. The van der Waals surface area contributed by atoms with E-state index in [0.29, 0.717) is 12.2 Å². The van der Waals surface area contributed by atoms with Crippen LogP contribution in [0.2, 0.25) is 0 Å². The van der Waals surface area contributed by atoms with Crippen molar-refractivity contribution in [3.63, 3.8) is 0 Å². The second-order valence-electron chi connectivity index (χ2n) is 4.92. The topological polar surface area (TPSA) is 52.5 Å². The van der Waals surface area contributed by atoms with Crippen molar-refractivity contribution in [2.75, 3.05) is 5.32 Å². The highest BCUT2D eigenvalue weighted by molar-refractivity contribution is 5.61. The van der Waals surface area contributed by atoms with Crippen LogP contribution in [0.3, 0.4) is 0 Å². The predicted molar refractivity (Wildman–Crippen MR) is 77.6 cm³/mol. The molecule has 100 valence electrons. The maximum Gasteiger partial charge on any atom is 0.142 e. The molecule has 3 heteroatoms. The standard InChI is InChI=1S/C16H19NO2/c1-11(2)13-8-14(16(19)9-15(13)18)17-10-12-6-4-3-5-7-12/h3-9,11,17-19H,10H2,1-2H3. The summed E-state index contributed by atoms with van der Waals surface area (Å²) in [5.74, 6) is 0.411. The Labute approximate surface area is 113 Å². The molecule has 2 aromatic carbocycles. The lowest BCUT2D eigenvalue weighted by Crippen LogP contribution is -2.00. The summed E-state index contributed by atoms with van der Waals surface area (Å²) >= 11 is 0. The van der Waals surface area contributed by atoms with Crippen LogP contribution in [0.15, 0.2) is 42.5 Å². The van der Waals surface area contributed by atoms with Crippen LogP contribution in [-0.4, -0.2) is 10.2 Å². The lowest BCUT2D eigenvalue weighted by atomic mass is 10.0. The van der Waals surface area contributed by atoms with Gasteiger partial charge in [-0.3, -0.25) is 0 Å². The van der Waals surface area contributed by atoms with Crippen molar-refractivity contribution in [2.24, 2.45) is 0 Å². The fourth-order valence-corrected chi connectivity index (χ4v) is 1.99. The number of rotatable bonds is 4. The highest BCUT2D eigenvalue weighted by Gasteiger charge is 2.11. The molecule has 3 nitrogen and oxygen atoms in total. The number of nitrogens with one attached hydrogen (secondary N) is 1. The molecule has 0 radical (unpaired) electrons. The SMILES string of the molecule is CC(C)c1cc(NCc2ccccc2)c(O)cc1O. The second-order valence-corrected chi connectivity index (χ2v) is 4.92. The summed E-state index contributed by atoms with van der Waals surface area (Å²) in [6.45, 7) is 4.65. The van der Waals surface area contributed by atoms with Gasteiger partial charge in [-0.25, -0.2) is 0 Å². The Morgan fingerprint density at radius 3 is 2.32 bits per heavy atom. The molecule has 0 heterocycles. The zero-order chi connectivity index (χ0) is 13.8. The molecule has 0 atom stereocenters. The van der Waals surface area contributed by atoms with Gasteiger partial charge in [-0.2, -0.15) is 0 Å². The molecule has 0 amide bonds. The predicted octanol–water partition coefficient (Wildman–Crippen LogP) is 3.83. The van der Waals surface area contributed by atoms with Crippen molar-refractivity contribution in [1.29, 1.82) is 0 Å². The second kappa shape index (κ2) is 5.65. The lowest BCUT2D eigenvalue weighted by molar-refractivity contribution is 0.445. The molecule has 0 aliphatic heterocycles. The molecule has 3 N–H and O–H groups in total. The Hall–Kier alpha value is -2.16. The minimum absolute atomic E-state index is 0.0674. The van der Waals surface area contributed by atoms with Gasteiger partial charge in [0.1, 0.15) is 11.5 Å². The first-order valence-electron chi connectivity index (χ1n) is 6.41. The number of phenols is 2. The molecule has 0 aromatic heterocycles. The average Bonchev–Trinajstić information content (AvgIpc) is 2.38. The van der Waals surface area contributed by atoms with E-state index in [2.05, 4.69) is 5.32 Å². The third-order valence-electron chi connectivity index (χ3n) is 3.09. The fraction of sp³-hybridized carbons (Fsp3) is 0.250. The molecule has 2 rings (SSSR count). The first kappa shape index (κ1) is 13.3. The van der Waals surface area contributed by atoms with Crippen molar-refractivity contribution in [3.05, 3.63) is 53.6 Å². The smallest absolute Gasteiger partial charge is 0.142 e. The van der Waals surface area contributed by atoms with Crippen LogP contribution in [0.4, 0.5) is 5.69 Å². The summed E-state index contributed by atoms with van der Waals surface area (Å²) in [5.41, 5.74) is 2.61. The Bertz CT molecular complexity index is 550. The maximum absolute atomic E-state index is 9.85. The van der Waals surface area contributed by atoms with Crippen LogP contribution in [0.25, 0.3) is 0 Å². The quantitative estimate of drug-likeness (QED) is 0.576. The van der Waals surface area contributed by atoms with Gasteiger partial charge >= 0.3 is 0 Å². The van der Waals surface area contributed by atoms with E-state index in [0.717, 1.165) is 11.1 Å². The first-order chi connectivity index (χ1) is 9.08. The van der Waals surface area contributed by atoms with Gasteiger partial charge in [-0.15, -0.1) is 0 Å². The van der Waals surface area contributed by atoms with E-state index in [1.807, 2.05) is 44.2 Å². The first-order valence-corrected chi connectivity index (χ1v) is 6.41. The van der Waals surface area contributed by atoms with Gasteiger partial charge in [0.2, 0.25) is 0 Å². The Morgan fingerprint density at radius 1 is 1.00 bits per heavy atom. The van der Waals surface area contributed by atoms with Crippen LogP contribution >= 0.6 is 0 Å². The van der Waals surface area contributed by atoms with Crippen LogP contribution in [-0.2, 0) is 6.54 Å². The molecular formula is C16H19NO2. The molecular weight excluding hydrogens is 238 g/mol. The Morgan fingerprint density at radius 2 is 1.68 bits per heavy atom. The Kier molecular flexibility index (Phi) is 3.95. The van der Waals surface area contributed by atoms with Gasteiger partial charge in [0.05, 0.1) is 5.69 Å². The summed E-state index contributed by atoms with van der Waals surface area (Å²) in [4.78, 5) is 0. The number of hydrogen-bond acceptors (Lipinski definition) is 3. The van der Waals surface area contributed by atoms with E-state index in [4.69, 9.17) is 0 Å². The van der Waals surface area contributed by atoms with Crippen molar-refractivity contribution < 1.29 is 10.2 Å². The van der Waals surface area contributed by atoms with Gasteiger partial charge in [0, 0.05) is 12.6 Å². The highest BCUT2D eigenvalue weighted by Crippen LogP contribution is 2.35. The molecule has 0 saturated carbocycles. The van der Waals surface area contributed by atoms with Gasteiger partial charge in [0.15, 0.2) is 0 Å². The van der Waals surface area contributed by atoms with E-state index in [1.54, 1.807) is 6.07 Å². The largest absolute Gasteiger partial charge is 0.508 e. The number of anilines is 1.